The van der Waals surface area contributed by atoms with Crippen LogP contribution in [0.4, 0.5) is 10.1 Å². The van der Waals surface area contributed by atoms with Crippen molar-refractivity contribution in [3.8, 4) is 0 Å². The van der Waals surface area contributed by atoms with Crippen LogP contribution in [0.3, 0.4) is 0 Å². The maximum absolute atomic E-state index is 15.2. The molecule has 2 heterocycles. The third-order valence-electron chi connectivity index (χ3n) is 5.72. The van der Waals surface area contributed by atoms with Gasteiger partial charge in [-0.15, -0.1) is 0 Å². The van der Waals surface area contributed by atoms with Crippen LogP contribution in [0, 0.1) is 18.7 Å². The van der Waals surface area contributed by atoms with Gasteiger partial charge in [-0.25, -0.2) is 9.18 Å². The Morgan fingerprint density at radius 1 is 1.23 bits per heavy atom. The maximum atomic E-state index is 15.2. The highest BCUT2D eigenvalue weighted by atomic mass is 19.1. The topological polar surface area (TPSA) is 99.6 Å². The Hall–Kier alpha value is -2.84. The van der Waals surface area contributed by atoms with E-state index in [4.69, 9.17) is 10.6 Å². The first-order valence-corrected chi connectivity index (χ1v) is 10.2. The highest BCUT2D eigenvalue weighted by molar-refractivity contribution is 5.87. The number of carbonyl (C=O) groups excluding carboxylic acids is 1. The summed E-state index contributed by atoms with van der Waals surface area (Å²) in [6.07, 6.45) is 2.17. The van der Waals surface area contributed by atoms with Crippen LogP contribution in [0.15, 0.2) is 15.7 Å². The highest BCUT2D eigenvalue weighted by Crippen LogP contribution is 2.39. The third-order valence-corrected chi connectivity index (χ3v) is 5.72. The molecule has 1 aromatic carbocycles. The number of nitrogens with two attached hydrogens (primary N) is 1. The van der Waals surface area contributed by atoms with Gasteiger partial charge < -0.3 is 15.5 Å². The zero-order valence-electron chi connectivity index (χ0n) is 17.7. The number of aryl methyl sites for hydroxylation is 1. The number of nitrogen functional groups attached to an aromatic ring is 1. The molecule has 1 aliphatic carbocycles. The first kappa shape index (κ1) is 20.4. The summed E-state index contributed by atoms with van der Waals surface area (Å²) in [5.74, 6) is 4.44. The fraction of sp³-hybridized carbons (Fsp3) is 0.571. The van der Waals surface area contributed by atoms with Gasteiger partial charge in [0, 0.05) is 24.7 Å². The molecule has 1 saturated heterocycles. The van der Waals surface area contributed by atoms with E-state index in [1.807, 2.05) is 20.8 Å². The van der Waals surface area contributed by atoms with Crippen molar-refractivity contribution in [2.24, 2.45) is 5.92 Å². The molecule has 0 radical (unpaired) electrons. The molecule has 1 unspecified atom stereocenters. The number of benzene rings is 1. The predicted octanol–water partition coefficient (Wildman–Crippen LogP) is 1.83. The van der Waals surface area contributed by atoms with E-state index in [1.165, 1.54) is 4.57 Å². The Morgan fingerprint density at radius 2 is 1.90 bits per heavy atom. The molecule has 0 bridgehead atoms. The van der Waals surface area contributed by atoms with Crippen molar-refractivity contribution < 1.29 is 13.9 Å². The highest BCUT2D eigenvalue weighted by Gasteiger charge is 2.35. The molecule has 0 amide bonds. The summed E-state index contributed by atoms with van der Waals surface area (Å²) in [4.78, 5) is 39.5. The fourth-order valence-electron chi connectivity index (χ4n) is 4.26. The lowest BCUT2D eigenvalue weighted by molar-refractivity contribution is -0.159. The zero-order chi connectivity index (χ0) is 22.0. The van der Waals surface area contributed by atoms with E-state index in [9.17, 15) is 14.4 Å². The molecule has 4 rings (SSSR count). The molecule has 2 fully saturated rings. The number of aromatic nitrogens is 2. The molecule has 2 aromatic rings. The molecule has 1 atom stereocenters. The quantitative estimate of drug-likeness (QED) is 0.603. The molecular formula is C21H27FN4O4. The van der Waals surface area contributed by atoms with Crippen LogP contribution in [-0.2, 0) is 9.53 Å². The number of halogens is 1. The van der Waals surface area contributed by atoms with Gasteiger partial charge in [0.2, 0.25) is 0 Å². The second-order valence-electron chi connectivity index (χ2n) is 9.25. The number of rotatable bonds is 3. The van der Waals surface area contributed by atoms with E-state index in [-0.39, 0.29) is 23.3 Å². The van der Waals surface area contributed by atoms with Crippen LogP contribution in [-0.4, -0.2) is 33.9 Å². The fourth-order valence-corrected chi connectivity index (χ4v) is 4.26. The van der Waals surface area contributed by atoms with Crippen LogP contribution in [0.5, 0.6) is 0 Å². The van der Waals surface area contributed by atoms with Crippen molar-refractivity contribution in [2.45, 2.75) is 58.6 Å². The number of carbonyl (C=O) groups is 1. The number of hydrogen-bond donors (Lipinski definition) is 1. The van der Waals surface area contributed by atoms with Crippen LogP contribution in [0.1, 0.15) is 51.6 Å². The lowest BCUT2D eigenvalue weighted by Gasteiger charge is -2.25. The predicted molar refractivity (Wildman–Crippen MR) is 112 cm³/mol. The SMILES string of the molecule is Cc1c(N2CCC(C(=O)OC(C)(C)C)C2)c(F)cc2c(=O)n(N)c(=O)n(C3CC3)c12. The van der Waals surface area contributed by atoms with Gasteiger partial charge in [-0.3, -0.25) is 14.2 Å². The number of fused-ring (bicyclic) bond motifs is 1. The summed E-state index contributed by atoms with van der Waals surface area (Å²) >= 11 is 0. The van der Waals surface area contributed by atoms with Gasteiger partial charge in [0.25, 0.3) is 5.56 Å². The first-order valence-electron chi connectivity index (χ1n) is 10.2. The van der Waals surface area contributed by atoms with E-state index < -0.39 is 22.7 Å². The maximum Gasteiger partial charge on any atom is 0.350 e. The van der Waals surface area contributed by atoms with Crippen LogP contribution in [0.25, 0.3) is 10.9 Å². The van der Waals surface area contributed by atoms with E-state index in [2.05, 4.69) is 0 Å². The average molecular weight is 418 g/mol. The lowest BCUT2D eigenvalue weighted by atomic mass is 10.1. The average Bonchev–Trinajstić information content (AvgIpc) is 3.36. The normalized spacial score (nSPS) is 19.5. The van der Waals surface area contributed by atoms with Gasteiger partial charge in [0.15, 0.2) is 0 Å². The Labute approximate surface area is 173 Å². The largest absolute Gasteiger partial charge is 0.460 e. The Balaban J connectivity index is 1.79. The van der Waals surface area contributed by atoms with Gasteiger partial charge in [0.05, 0.1) is 22.5 Å². The summed E-state index contributed by atoms with van der Waals surface area (Å²) in [5, 5.41) is 0.0886. The summed E-state index contributed by atoms with van der Waals surface area (Å²) in [5.41, 5.74) is -0.645. The third kappa shape index (κ3) is 3.36. The monoisotopic (exact) mass is 418 g/mol. The number of hydrogen-bond acceptors (Lipinski definition) is 6. The molecule has 162 valence electrons. The smallest absolute Gasteiger partial charge is 0.350 e. The van der Waals surface area contributed by atoms with Gasteiger partial charge >= 0.3 is 11.7 Å². The summed E-state index contributed by atoms with van der Waals surface area (Å²) in [6, 6.07) is 1.11. The minimum Gasteiger partial charge on any atom is -0.460 e. The number of ether oxygens (including phenoxy) is 1. The zero-order valence-corrected chi connectivity index (χ0v) is 17.7. The number of anilines is 1. The molecule has 1 saturated carbocycles. The molecule has 2 aliphatic rings. The summed E-state index contributed by atoms with van der Waals surface area (Å²) in [7, 11) is 0. The van der Waals surface area contributed by atoms with Gasteiger partial charge in [-0.1, -0.05) is 0 Å². The van der Waals surface area contributed by atoms with Crippen molar-refractivity contribution in [3.63, 3.8) is 0 Å². The Kier molecular flexibility index (Phi) is 4.67. The van der Waals surface area contributed by atoms with Crippen molar-refractivity contribution in [3.05, 3.63) is 38.3 Å². The van der Waals surface area contributed by atoms with Crippen molar-refractivity contribution in [1.82, 2.24) is 9.24 Å². The minimum atomic E-state index is -0.714. The minimum absolute atomic E-state index is 0.0412. The second-order valence-corrected chi connectivity index (χ2v) is 9.25. The molecular weight excluding hydrogens is 391 g/mol. The summed E-state index contributed by atoms with van der Waals surface area (Å²) < 4.78 is 22.7. The molecule has 1 aromatic heterocycles. The van der Waals surface area contributed by atoms with Gasteiger partial charge in [-0.05, 0) is 53.0 Å². The van der Waals surface area contributed by atoms with E-state index >= 15 is 4.39 Å². The molecule has 0 spiro atoms. The number of nitrogens with zero attached hydrogens (tertiary/aromatic N) is 3. The van der Waals surface area contributed by atoms with Crippen LogP contribution >= 0.6 is 0 Å². The van der Waals surface area contributed by atoms with E-state index in [1.54, 1.807) is 11.8 Å². The van der Waals surface area contributed by atoms with E-state index in [0.717, 1.165) is 18.9 Å². The summed E-state index contributed by atoms with van der Waals surface area (Å²) in [6.45, 7) is 7.94. The van der Waals surface area contributed by atoms with Crippen molar-refractivity contribution >= 4 is 22.6 Å². The number of esters is 1. The van der Waals surface area contributed by atoms with Gasteiger partial charge in [-0.2, -0.15) is 4.68 Å². The Bertz CT molecular complexity index is 1160. The Morgan fingerprint density at radius 3 is 2.50 bits per heavy atom. The molecule has 2 N–H and O–H groups in total. The van der Waals surface area contributed by atoms with Crippen molar-refractivity contribution in [2.75, 3.05) is 23.8 Å². The lowest BCUT2D eigenvalue weighted by Crippen LogP contribution is -2.44. The van der Waals surface area contributed by atoms with Crippen molar-refractivity contribution in [1.29, 1.82) is 0 Å². The molecule has 30 heavy (non-hydrogen) atoms. The van der Waals surface area contributed by atoms with E-state index in [0.29, 0.717) is 41.0 Å². The standard InChI is InChI=1S/C21H27FN4O4/c1-11-16-14(18(27)26(23)20(29)25(16)13-5-6-13)9-15(22)17(11)24-8-7-12(10-24)19(28)30-21(2,3)4/h9,12-13H,5-8,10,23H2,1-4H3. The second kappa shape index (κ2) is 6.85. The van der Waals surface area contributed by atoms with Gasteiger partial charge in [0.1, 0.15) is 11.4 Å². The first-order chi connectivity index (χ1) is 14.0. The molecule has 8 nitrogen and oxygen atoms in total. The molecule has 9 heteroatoms. The molecule has 1 aliphatic heterocycles. The van der Waals surface area contributed by atoms with Crippen LogP contribution < -0.4 is 22.0 Å². The van der Waals surface area contributed by atoms with Crippen LogP contribution in [0.2, 0.25) is 0 Å².